The van der Waals surface area contributed by atoms with Crippen LogP contribution in [0.4, 0.5) is 11.4 Å². The van der Waals surface area contributed by atoms with Gasteiger partial charge in [0.05, 0.1) is 5.69 Å². The maximum atomic E-state index is 13.0. The molecule has 8 heteroatoms. The van der Waals surface area contributed by atoms with E-state index in [1.807, 2.05) is 39.0 Å². The highest BCUT2D eigenvalue weighted by Crippen LogP contribution is 2.32. The predicted molar refractivity (Wildman–Crippen MR) is 107 cm³/mol. The lowest BCUT2D eigenvalue weighted by Crippen LogP contribution is -2.43. The summed E-state index contributed by atoms with van der Waals surface area (Å²) in [7, 11) is 0. The molecule has 4 rings (SSSR count). The van der Waals surface area contributed by atoms with E-state index in [1.54, 1.807) is 24.3 Å². The van der Waals surface area contributed by atoms with Gasteiger partial charge >= 0.3 is 0 Å². The molecule has 148 valence electrons. The summed E-state index contributed by atoms with van der Waals surface area (Å²) in [5, 5.41) is 11.9. The molecule has 0 radical (unpaired) electrons. The number of rotatable bonds is 4. The number of nitrogens with zero attached hydrogens (tertiary/aromatic N) is 4. The Labute approximate surface area is 168 Å². The summed E-state index contributed by atoms with van der Waals surface area (Å²) in [5.74, 6) is -1.18. The third kappa shape index (κ3) is 3.37. The van der Waals surface area contributed by atoms with Crippen LogP contribution in [0.15, 0.2) is 52.8 Å². The lowest BCUT2D eigenvalue weighted by Gasteiger charge is -2.20. The quantitative estimate of drug-likeness (QED) is 0.811. The number of anilines is 2. The lowest BCUT2D eigenvalue weighted by atomic mass is 10.1. The summed E-state index contributed by atoms with van der Waals surface area (Å²) in [5.41, 5.74) is 4.30. The molecular formula is C21H21N5O3. The number of fused-ring (bicyclic) bond motifs is 1. The van der Waals surface area contributed by atoms with Crippen molar-refractivity contribution in [1.29, 1.82) is 0 Å². The molecule has 0 bridgehead atoms. The minimum atomic E-state index is -0.920. The van der Waals surface area contributed by atoms with E-state index >= 15 is 0 Å². The maximum absolute atomic E-state index is 13.0. The van der Waals surface area contributed by atoms with Crippen molar-refractivity contribution < 1.29 is 14.4 Å². The van der Waals surface area contributed by atoms with E-state index in [0.717, 1.165) is 21.6 Å². The number of benzene rings is 2. The van der Waals surface area contributed by atoms with Crippen LogP contribution in [0.5, 0.6) is 0 Å². The third-order valence-corrected chi connectivity index (χ3v) is 5.25. The Morgan fingerprint density at radius 3 is 2.41 bits per heavy atom. The van der Waals surface area contributed by atoms with Crippen molar-refractivity contribution in [3.05, 3.63) is 59.2 Å². The highest BCUT2D eigenvalue weighted by atomic mass is 16.2. The summed E-state index contributed by atoms with van der Waals surface area (Å²) in [6.07, 6.45) is 0. The van der Waals surface area contributed by atoms with Gasteiger partial charge in [0.1, 0.15) is 6.54 Å². The molecule has 2 aliphatic rings. The second kappa shape index (κ2) is 7.12. The molecule has 2 aliphatic heterocycles. The van der Waals surface area contributed by atoms with E-state index in [9.17, 15) is 14.4 Å². The summed E-state index contributed by atoms with van der Waals surface area (Å²) >= 11 is 0. The molecule has 0 saturated carbocycles. The SMILES string of the molecule is Cc1ccc(NC(=O)CN2N=N[C@H]3C(=O)N(c4ccc(C)c(C)c4)C(=O)[C@H]32)cc1. The van der Waals surface area contributed by atoms with E-state index in [2.05, 4.69) is 15.7 Å². The highest BCUT2D eigenvalue weighted by molar-refractivity contribution is 6.25. The second-order valence-electron chi connectivity index (χ2n) is 7.39. The fourth-order valence-electron chi connectivity index (χ4n) is 3.46. The third-order valence-electron chi connectivity index (χ3n) is 5.25. The van der Waals surface area contributed by atoms with E-state index in [1.165, 1.54) is 5.01 Å². The number of aryl methyl sites for hydroxylation is 3. The van der Waals surface area contributed by atoms with Gasteiger partial charge in [0.25, 0.3) is 11.8 Å². The maximum Gasteiger partial charge on any atom is 0.263 e. The first kappa shape index (κ1) is 18.8. The van der Waals surface area contributed by atoms with E-state index in [4.69, 9.17) is 0 Å². The van der Waals surface area contributed by atoms with Crippen LogP contribution in [0.3, 0.4) is 0 Å². The van der Waals surface area contributed by atoms with Crippen molar-refractivity contribution in [1.82, 2.24) is 5.01 Å². The van der Waals surface area contributed by atoms with Crippen LogP contribution in [-0.2, 0) is 14.4 Å². The molecule has 2 aromatic rings. The molecule has 0 spiro atoms. The van der Waals surface area contributed by atoms with Crippen molar-refractivity contribution in [3.63, 3.8) is 0 Å². The van der Waals surface area contributed by atoms with Crippen molar-refractivity contribution in [2.75, 3.05) is 16.8 Å². The van der Waals surface area contributed by atoms with E-state index < -0.39 is 23.9 Å². The fourth-order valence-corrected chi connectivity index (χ4v) is 3.46. The van der Waals surface area contributed by atoms with Crippen LogP contribution in [0.25, 0.3) is 0 Å². The Balaban J connectivity index is 1.49. The number of nitrogens with one attached hydrogen (secondary N) is 1. The van der Waals surface area contributed by atoms with Crippen molar-refractivity contribution >= 4 is 29.1 Å². The van der Waals surface area contributed by atoms with Crippen LogP contribution in [-0.4, -0.2) is 41.4 Å². The second-order valence-corrected chi connectivity index (χ2v) is 7.39. The Morgan fingerprint density at radius 2 is 1.72 bits per heavy atom. The molecule has 0 aromatic heterocycles. The number of carbonyl (C=O) groups is 3. The Bertz CT molecular complexity index is 1030. The van der Waals surface area contributed by atoms with Gasteiger partial charge in [0.2, 0.25) is 5.91 Å². The molecule has 1 fully saturated rings. The smallest absolute Gasteiger partial charge is 0.263 e. The zero-order valence-electron chi connectivity index (χ0n) is 16.4. The molecule has 2 atom stereocenters. The Hall–Kier alpha value is -3.55. The fraction of sp³-hybridized carbons (Fsp3) is 0.286. The predicted octanol–water partition coefficient (Wildman–Crippen LogP) is 2.54. The molecule has 1 N–H and O–H groups in total. The molecule has 0 aliphatic carbocycles. The largest absolute Gasteiger partial charge is 0.324 e. The van der Waals surface area contributed by atoms with Crippen LogP contribution in [0, 0.1) is 20.8 Å². The summed E-state index contributed by atoms with van der Waals surface area (Å²) < 4.78 is 0. The Morgan fingerprint density at radius 1 is 1.00 bits per heavy atom. The average molecular weight is 391 g/mol. The number of hydrogen-bond acceptors (Lipinski definition) is 6. The number of carbonyl (C=O) groups excluding carboxylic acids is 3. The monoisotopic (exact) mass is 391 g/mol. The summed E-state index contributed by atoms with van der Waals surface area (Å²) in [4.78, 5) is 39.3. The zero-order chi connectivity index (χ0) is 20.7. The van der Waals surface area contributed by atoms with Crippen molar-refractivity contribution in [3.8, 4) is 0 Å². The normalized spacial score (nSPS) is 20.4. The molecule has 8 nitrogen and oxygen atoms in total. The number of imide groups is 1. The first-order chi connectivity index (χ1) is 13.8. The number of hydrogen-bond donors (Lipinski definition) is 1. The lowest BCUT2D eigenvalue weighted by molar-refractivity contribution is -0.123. The number of amides is 3. The first-order valence-corrected chi connectivity index (χ1v) is 9.34. The molecule has 2 heterocycles. The van der Waals surface area contributed by atoms with Gasteiger partial charge in [-0.2, -0.15) is 5.11 Å². The van der Waals surface area contributed by atoms with Gasteiger partial charge in [0.15, 0.2) is 12.1 Å². The molecule has 0 unspecified atom stereocenters. The van der Waals surface area contributed by atoms with Gasteiger partial charge < -0.3 is 5.32 Å². The van der Waals surface area contributed by atoms with Crippen molar-refractivity contribution in [2.45, 2.75) is 32.9 Å². The molecule has 2 aromatic carbocycles. The van der Waals surface area contributed by atoms with E-state index in [0.29, 0.717) is 11.4 Å². The van der Waals surface area contributed by atoms with Gasteiger partial charge in [-0.3, -0.25) is 19.4 Å². The van der Waals surface area contributed by atoms with Crippen LogP contribution < -0.4 is 10.2 Å². The topological polar surface area (TPSA) is 94.4 Å². The van der Waals surface area contributed by atoms with Gasteiger partial charge in [-0.1, -0.05) is 29.0 Å². The summed E-state index contributed by atoms with van der Waals surface area (Å²) in [6, 6.07) is 11.0. The molecule has 3 amide bonds. The minimum absolute atomic E-state index is 0.168. The molecule has 1 saturated heterocycles. The average Bonchev–Trinajstić information content (AvgIpc) is 3.20. The van der Waals surface area contributed by atoms with Gasteiger partial charge in [0, 0.05) is 5.69 Å². The molecule has 29 heavy (non-hydrogen) atoms. The van der Waals surface area contributed by atoms with E-state index in [-0.39, 0.29) is 12.5 Å². The minimum Gasteiger partial charge on any atom is -0.324 e. The van der Waals surface area contributed by atoms with Crippen LogP contribution in [0.2, 0.25) is 0 Å². The van der Waals surface area contributed by atoms with Gasteiger partial charge in [-0.05, 0) is 56.2 Å². The van der Waals surface area contributed by atoms with Gasteiger partial charge in [-0.15, -0.1) is 0 Å². The molecular weight excluding hydrogens is 370 g/mol. The van der Waals surface area contributed by atoms with Crippen LogP contribution in [0.1, 0.15) is 16.7 Å². The Kier molecular flexibility index (Phi) is 4.62. The standard InChI is InChI=1S/C21H21N5O3/c1-12-4-7-15(8-5-12)22-17(27)11-25-19-18(23-24-25)20(28)26(21(19)29)16-9-6-13(2)14(3)10-16/h4-10,18-19H,11H2,1-3H3,(H,22,27)/t18-,19+/m1/s1. The summed E-state index contributed by atoms with van der Waals surface area (Å²) in [6.45, 7) is 5.68. The zero-order valence-corrected chi connectivity index (χ0v) is 16.4. The van der Waals surface area contributed by atoms with Crippen LogP contribution >= 0.6 is 0 Å². The highest BCUT2D eigenvalue weighted by Gasteiger charge is 2.55. The van der Waals surface area contributed by atoms with Crippen molar-refractivity contribution in [2.24, 2.45) is 10.3 Å². The van der Waals surface area contributed by atoms with Gasteiger partial charge in [-0.25, -0.2) is 4.90 Å². The first-order valence-electron chi connectivity index (χ1n) is 9.34.